The Hall–Kier alpha value is -3.65. The van der Waals surface area contributed by atoms with Crippen LogP contribution in [0.25, 0.3) is 5.76 Å². The number of hydrogen-bond donors (Lipinski definition) is 2. The van der Waals surface area contributed by atoms with Gasteiger partial charge in [-0.25, -0.2) is 4.79 Å². The predicted octanol–water partition coefficient (Wildman–Crippen LogP) is 2.29. The summed E-state index contributed by atoms with van der Waals surface area (Å²) in [6.45, 7) is -0.0284. The van der Waals surface area contributed by atoms with Gasteiger partial charge in [-0.1, -0.05) is 12.1 Å². The van der Waals surface area contributed by atoms with Gasteiger partial charge in [0.15, 0.2) is 0 Å². The number of nitrogens with zero attached hydrogens (tertiary/aromatic N) is 1. The van der Waals surface area contributed by atoms with Crippen molar-refractivity contribution in [3.8, 4) is 5.75 Å². The molecule has 0 saturated carbocycles. The summed E-state index contributed by atoms with van der Waals surface area (Å²) in [6, 6.07) is 11.9. The maximum absolute atomic E-state index is 12.9. The van der Waals surface area contributed by atoms with Gasteiger partial charge in [0, 0.05) is 18.7 Å². The molecule has 3 rings (SSSR count). The molecule has 162 valence electrons. The van der Waals surface area contributed by atoms with E-state index in [0.717, 1.165) is 0 Å². The molecule has 0 radical (unpaired) electrons. The Bertz CT molecular complexity index is 1010. The van der Waals surface area contributed by atoms with E-state index in [-0.39, 0.29) is 30.9 Å². The third kappa shape index (κ3) is 4.29. The molecule has 0 aromatic heterocycles. The highest BCUT2D eigenvalue weighted by Crippen LogP contribution is 2.39. The first-order valence-electron chi connectivity index (χ1n) is 9.65. The number of likely N-dealkylation sites (tertiary alicyclic amines) is 1. The molecule has 1 aliphatic rings. The second-order valence-electron chi connectivity index (χ2n) is 6.91. The van der Waals surface area contributed by atoms with Crippen LogP contribution < -0.4 is 4.74 Å². The topological polar surface area (TPSA) is 113 Å². The SMILES string of the molecule is COC(=O)c1ccc(C2C(=C(O)c3ccc(OC)cc3)C(=O)C(=O)N2CCCO)cc1. The Morgan fingerprint density at radius 1 is 1.00 bits per heavy atom. The normalized spacial score (nSPS) is 17.6. The summed E-state index contributed by atoms with van der Waals surface area (Å²) in [4.78, 5) is 38.6. The lowest BCUT2D eigenvalue weighted by Crippen LogP contribution is -2.31. The highest BCUT2D eigenvalue weighted by Gasteiger charge is 2.45. The van der Waals surface area contributed by atoms with Crippen LogP contribution in [-0.2, 0) is 14.3 Å². The molecule has 0 bridgehead atoms. The molecule has 0 aliphatic carbocycles. The van der Waals surface area contributed by atoms with E-state index in [1.165, 1.54) is 31.3 Å². The highest BCUT2D eigenvalue weighted by atomic mass is 16.5. The van der Waals surface area contributed by atoms with E-state index < -0.39 is 23.7 Å². The molecule has 2 aromatic carbocycles. The Balaban J connectivity index is 2.11. The highest BCUT2D eigenvalue weighted by molar-refractivity contribution is 6.46. The fourth-order valence-electron chi connectivity index (χ4n) is 3.52. The van der Waals surface area contributed by atoms with Crippen LogP contribution >= 0.6 is 0 Å². The number of amides is 1. The molecule has 1 fully saturated rings. The minimum absolute atomic E-state index is 0.0566. The summed E-state index contributed by atoms with van der Waals surface area (Å²) in [5, 5.41) is 20.2. The van der Waals surface area contributed by atoms with Crippen LogP contribution in [0.15, 0.2) is 54.1 Å². The number of methoxy groups -OCH3 is 2. The van der Waals surface area contributed by atoms with E-state index >= 15 is 0 Å². The third-order valence-corrected chi connectivity index (χ3v) is 5.11. The van der Waals surface area contributed by atoms with E-state index in [0.29, 0.717) is 22.4 Å². The monoisotopic (exact) mass is 425 g/mol. The molecule has 2 aromatic rings. The standard InChI is InChI=1S/C23H23NO7/c1-30-17-10-8-15(9-11-17)20(26)18-19(24(12-3-13-25)22(28)21(18)27)14-4-6-16(7-5-14)23(29)31-2/h4-11,19,25-26H,3,12-13H2,1-2H3. The van der Waals surface area contributed by atoms with Crippen LogP contribution in [0.3, 0.4) is 0 Å². The Labute approximate surface area is 179 Å². The molecule has 1 atom stereocenters. The van der Waals surface area contributed by atoms with Crippen molar-refractivity contribution in [3.63, 3.8) is 0 Å². The maximum atomic E-state index is 12.9. The fraction of sp³-hybridized carbons (Fsp3) is 0.261. The van der Waals surface area contributed by atoms with Gasteiger partial charge in [0.1, 0.15) is 11.5 Å². The quantitative estimate of drug-likeness (QED) is 0.303. The minimum Gasteiger partial charge on any atom is -0.507 e. The number of carbonyl (C=O) groups excluding carboxylic acids is 3. The second-order valence-corrected chi connectivity index (χ2v) is 6.91. The summed E-state index contributed by atoms with van der Waals surface area (Å²) < 4.78 is 9.82. The van der Waals surface area contributed by atoms with Gasteiger partial charge >= 0.3 is 5.97 Å². The van der Waals surface area contributed by atoms with Gasteiger partial charge in [-0.3, -0.25) is 9.59 Å². The molecule has 8 nitrogen and oxygen atoms in total. The molecular formula is C23H23NO7. The van der Waals surface area contributed by atoms with Gasteiger partial charge < -0.3 is 24.6 Å². The van der Waals surface area contributed by atoms with Gasteiger partial charge in [-0.15, -0.1) is 0 Å². The van der Waals surface area contributed by atoms with Crippen LogP contribution in [-0.4, -0.2) is 60.1 Å². The molecule has 1 amide bonds. The number of ketones is 1. The van der Waals surface area contributed by atoms with Crippen LogP contribution in [0, 0.1) is 0 Å². The maximum Gasteiger partial charge on any atom is 0.337 e. The third-order valence-electron chi connectivity index (χ3n) is 5.11. The summed E-state index contributed by atoms with van der Waals surface area (Å²) in [5.41, 5.74) is 1.16. The van der Waals surface area contributed by atoms with Crippen LogP contribution in [0.5, 0.6) is 5.75 Å². The average molecular weight is 425 g/mol. The van der Waals surface area contributed by atoms with E-state index in [1.807, 2.05) is 0 Å². The lowest BCUT2D eigenvalue weighted by molar-refractivity contribution is -0.140. The number of aliphatic hydroxyl groups is 2. The molecule has 31 heavy (non-hydrogen) atoms. The van der Waals surface area contributed by atoms with Crippen molar-refractivity contribution in [2.24, 2.45) is 0 Å². The van der Waals surface area contributed by atoms with Crippen molar-refractivity contribution in [1.82, 2.24) is 4.90 Å². The number of ether oxygens (including phenoxy) is 2. The lowest BCUT2D eigenvalue weighted by Gasteiger charge is -2.25. The summed E-state index contributed by atoms with van der Waals surface area (Å²) >= 11 is 0. The summed E-state index contributed by atoms with van der Waals surface area (Å²) in [6.07, 6.45) is 0.270. The lowest BCUT2D eigenvalue weighted by atomic mass is 9.94. The van der Waals surface area contributed by atoms with Crippen LogP contribution in [0.1, 0.15) is 33.9 Å². The molecule has 0 spiro atoms. The van der Waals surface area contributed by atoms with Crippen molar-refractivity contribution < 1.29 is 34.1 Å². The molecule has 1 aliphatic heterocycles. The first-order valence-corrected chi connectivity index (χ1v) is 9.65. The Kier molecular flexibility index (Phi) is 6.71. The number of hydrogen-bond acceptors (Lipinski definition) is 7. The largest absolute Gasteiger partial charge is 0.507 e. The van der Waals surface area contributed by atoms with Gasteiger partial charge in [0.05, 0.1) is 31.4 Å². The number of carbonyl (C=O) groups is 3. The van der Waals surface area contributed by atoms with Crippen LogP contribution in [0.4, 0.5) is 0 Å². The zero-order valence-electron chi connectivity index (χ0n) is 17.2. The number of aliphatic hydroxyl groups excluding tert-OH is 2. The van der Waals surface area contributed by atoms with Crippen molar-refractivity contribution in [1.29, 1.82) is 0 Å². The van der Waals surface area contributed by atoms with Gasteiger partial charge in [0.25, 0.3) is 11.7 Å². The number of Topliss-reactive ketones (excluding diaryl/α,β-unsaturated/α-hetero) is 1. The second kappa shape index (κ2) is 9.44. The predicted molar refractivity (Wildman–Crippen MR) is 111 cm³/mol. The van der Waals surface area contributed by atoms with Crippen molar-refractivity contribution >= 4 is 23.4 Å². The van der Waals surface area contributed by atoms with Crippen LogP contribution in [0.2, 0.25) is 0 Å². The minimum atomic E-state index is -0.861. The van der Waals surface area contributed by atoms with E-state index in [9.17, 15) is 24.6 Å². The zero-order valence-corrected chi connectivity index (χ0v) is 17.2. The molecule has 8 heteroatoms. The van der Waals surface area contributed by atoms with E-state index in [1.54, 1.807) is 36.4 Å². The Morgan fingerprint density at radius 3 is 2.16 bits per heavy atom. The smallest absolute Gasteiger partial charge is 0.337 e. The number of rotatable bonds is 7. The van der Waals surface area contributed by atoms with E-state index in [2.05, 4.69) is 0 Å². The van der Waals surface area contributed by atoms with Crippen molar-refractivity contribution in [2.75, 3.05) is 27.4 Å². The van der Waals surface area contributed by atoms with Gasteiger partial charge in [-0.05, 0) is 48.4 Å². The summed E-state index contributed by atoms with van der Waals surface area (Å²) in [7, 11) is 2.79. The van der Waals surface area contributed by atoms with E-state index in [4.69, 9.17) is 9.47 Å². The molecule has 2 N–H and O–H groups in total. The van der Waals surface area contributed by atoms with Gasteiger partial charge in [-0.2, -0.15) is 0 Å². The molecule has 1 saturated heterocycles. The molecule has 1 heterocycles. The molecular weight excluding hydrogens is 402 g/mol. The van der Waals surface area contributed by atoms with Gasteiger partial charge in [0.2, 0.25) is 0 Å². The number of benzene rings is 2. The molecule has 1 unspecified atom stereocenters. The number of esters is 1. The zero-order chi connectivity index (χ0) is 22.5. The fourth-order valence-corrected chi connectivity index (χ4v) is 3.52. The first-order chi connectivity index (χ1) is 14.9. The summed E-state index contributed by atoms with van der Waals surface area (Å²) in [5.74, 6) is -1.82. The average Bonchev–Trinajstić information content (AvgIpc) is 3.06. The first kappa shape index (κ1) is 22.0. The Morgan fingerprint density at radius 2 is 1.61 bits per heavy atom. The van der Waals surface area contributed by atoms with Crippen molar-refractivity contribution in [2.45, 2.75) is 12.5 Å². The van der Waals surface area contributed by atoms with Crippen molar-refractivity contribution in [3.05, 3.63) is 70.8 Å².